The second-order valence-electron chi connectivity index (χ2n) is 3.96. The van der Waals surface area contributed by atoms with Gasteiger partial charge in [0.1, 0.15) is 11.6 Å². The Bertz CT molecular complexity index is 659. The van der Waals surface area contributed by atoms with E-state index in [1.165, 1.54) is 17.4 Å². The lowest BCUT2D eigenvalue weighted by Gasteiger charge is -2.00. The van der Waals surface area contributed by atoms with Gasteiger partial charge in [-0.15, -0.1) is 11.3 Å². The highest BCUT2D eigenvalue weighted by atomic mass is 32.1. The molecule has 0 unspecified atom stereocenters. The third kappa shape index (κ3) is 3.20. The number of thiophene rings is 1. The molecule has 98 valence electrons. The normalized spacial score (nSPS) is 11.0. The number of amidine groups is 1. The summed E-state index contributed by atoms with van der Waals surface area (Å²) in [4.78, 5) is 12.2. The molecule has 0 aliphatic rings. The number of hydrogen-bond donors (Lipinski definition) is 2. The van der Waals surface area contributed by atoms with Gasteiger partial charge in [0.2, 0.25) is 0 Å². The Morgan fingerprint density at radius 1 is 1.47 bits per heavy atom. The molecule has 1 aromatic carbocycles. The molecule has 0 fully saturated rings. The van der Waals surface area contributed by atoms with Crippen molar-refractivity contribution in [2.75, 3.05) is 0 Å². The second-order valence-corrected chi connectivity index (χ2v) is 5.04. The zero-order chi connectivity index (χ0) is 13.8. The van der Waals surface area contributed by atoms with Crippen molar-refractivity contribution >= 4 is 33.2 Å². The van der Waals surface area contributed by atoms with Gasteiger partial charge in [-0.25, -0.2) is 4.79 Å². The molecule has 0 saturated heterocycles. The minimum Gasteiger partial charge on any atom is -0.423 e. The van der Waals surface area contributed by atoms with Crippen LogP contribution in [0.2, 0.25) is 0 Å². The third-order valence-electron chi connectivity index (χ3n) is 2.47. The Hall–Kier alpha value is -2.14. The number of fused-ring (bicyclic) bond motifs is 1. The van der Waals surface area contributed by atoms with E-state index in [4.69, 9.17) is 15.9 Å². The first-order valence-corrected chi connectivity index (χ1v) is 6.68. The van der Waals surface area contributed by atoms with E-state index in [0.717, 1.165) is 16.5 Å². The highest BCUT2D eigenvalue weighted by Gasteiger charge is 2.07. The molecule has 19 heavy (non-hydrogen) atoms. The van der Waals surface area contributed by atoms with E-state index in [2.05, 4.69) is 0 Å². The first-order valence-electron chi connectivity index (χ1n) is 5.86. The fourth-order valence-electron chi connectivity index (χ4n) is 1.57. The Balaban J connectivity index is 2.23. The highest BCUT2D eigenvalue weighted by molar-refractivity contribution is 7.20. The predicted molar refractivity (Wildman–Crippen MR) is 77.9 cm³/mol. The van der Waals surface area contributed by atoms with Crippen molar-refractivity contribution in [1.82, 2.24) is 0 Å². The molecule has 0 bridgehead atoms. The Kier molecular flexibility index (Phi) is 3.97. The quantitative estimate of drug-likeness (QED) is 0.296. The smallest absolute Gasteiger partial charge is 0.335 e. The Morgan fingerprint density at radius 2 is 2.26 bits per heavy atom. The van der Waals surface area contributed by atoms with Crippen LogP contribution < -0.4 is 10.5 Å². The van der Waals surface area contributed by atoms with Crippen LogP contribution in [0.15, 0.2) is 36.4 Å². The minimum atomic E-state index is -0.385. The first-order chi connectivity index (χ1) is 9.10. The number of carbonyl (C=O) groups excluding carboxylic acids is 1. The standard InChI is InChI=1S/C14H14N2O2S/c1-2-3-4-13(17)18-10-6-5-9-7-12(14(15)16)19-11(9)8-10/h3-8H,2H2,1H3,(H3,15,16). The molecule has 2 aromatic rings. The molecular weight excluding hydrogens is 260 g/mol. The summed E-state index contributed by atoms with van der Waals surface area (Å²) in [5.41, 5.74) is 5.45. The molecular formula is C14H14N2O2S. The summed E-state index contributed by atoms with van der Waals surface area (Å²) in [7, 11) is 0. The number of rotatable bonds is 4. The van der Waals surface area contributed by atoms with Gasteiger partial charge in [0.15, 0.2) is 0 Å². The molecule has 0 amide bonds. The maximum atomic E-state index is 11.5. The average Bonchev–Trinajstić information content (AvgIpc) is 2.79. The van der Waals surface area contributed by atoms with Gasteiger partial charge in [-0.05, 0) is 36.1 Å². The molecule has 1 heterocycles. The number of nitrogen functional groups attached to an aromatic ring is 1. The number of nitrogens with one attached hydrogen (secondary N) is 1. The molecule has 3 N–H and O–H groups in total. The molecule has 4 nitrogen and oxygen atoms in total. The van der Waals surface area contributed by atoms with E-state index in [1.54, 1.807) is 18.2 Å². The Labute approximate surface area is 115 Å². The fourth-order valence-corrected chi connectivity index (χ4v) is 2.52. The van der Waals surface area contributed by atoms with Crippen molar-refractivity contribution in [2.45, 2.75) is 13.3 Å². The van der Waals surface area contributed by atoms with Gasteiger partial charge in [0, 0.05) is 10.8 Å². The van der Waals surface area contributed by atoms with Crippen molar-refractivity contribution < 1.29 is 9.53 Å². The van der Waals surface area contributed by atoms with Crippen LogP contribution in [0.25, 0.3) is 10.1 Å². The molecule has 0 aliphatic carbocycles. The number of hydrogen-bond acceptors (Lipinski definition) is 4. The van der Waals surface area contributed by atoms with Gasteiger partial charge < -0.3 is 10.5 Å². The summed E-state index contributed by atoms with van der Waals surface area (Å²) in [6, 6.07) is 7.22. The van der Waals surface area contributed by atoms with E-state index in [-0.39, 0.29) is 11.8 Å². The van der Waals surface area contributed by atoms with Gasteiger partial charge in [-0.2, -0.15) is 0 Å². The summed E-state index contributed by atoms with van der Waals surface area (Å²) in [5.74, 6) is 0.158. The maximum Gasteiger partial charge on any atom is 0.335 e. The summed E-state index contributed by atoms with van der Waals surface area (Å²) in [5, 5.41) is 8.39. The van der Waals surface area contributed by atoms with Crippen LogP contribution in [-0.4, -0.2) is 11.8 Å². The maximum absolute atomic E-state index is 11.5. The average molecular weight is 274 g/mol. The minimum absolute atomic E-state index is 0.0469. The predicted octanol–water partition coefficient (Wildman–Crippen LogP) is 3.06. The number of carbonyl (C=O) groups is 1. The van der Waals surface area contributed by atoms with Crippen LogP contribution in [0.1, 0.15) is 18.2 Å². The zero-order valence-corrected chi connectivity index (χ0v) is 11.3. The van der Waals surface area contributed by atoms with Crippen LogP contribution in [0.5, 0.6) is 5.75 Å². The molecule has 5 heteroatoms. The monoisotopic (exact) mass is 274 g/mol. The number of allylic oxidation sites excluding steroid dienone is 1. The summed E-state index contributed by atoms with van der Waals surface area (Å²) in [6.45, 7) is 1.95. The summed E-state index contributed by atoms with van der Waals surface area (Å²) in [6.07, 6.45) is 3.96. The van der Waals surface area contributed by atoms with Crippen molar-refractivity contribution in [1.29, 1.82) is 5.41 Å². The van der Waals surface area contributed by atoms with E-state index in [1.807, 2.05) is 19.1 Å². The Morgan fingerprint density at radius 3 is 2.95 bits per heavy atom. The van der Waals surface area contributed by atoms with Crippen molar-refractivity contribution in [3.05, 3.63) is 41.3 Å². The lowest BCUT2D eigenvalue weighted by atomic mass is 10.2. The summed E-state index contributed by atoms with van der Waals surface area (Å²) < 4.78 is 6.13. The van der Waals surface area contributed by atoms with Gasteiger partial charge in [-0.3, -0.25) is 5.41 Å². The zero-order valence-electron chi connectivity index (χ0n) is 10.5. The number of esters is 1. The van der Waals surface area contributed by atoms with E-state index >= 15 is 0 Å². The molecule has 0 aliphatic heterocycles. The van der Waals surface area contributed by atoms with Crippen molar-refractivity contribution in [3.63, 3.8) is 0 Å². The van der Waals surface area contributed by atoms with Crippen molar-refractivity contribution in [2.24, 2.45) is 5.73 Å². The largest absolute Gasteiger partial charge is 0.423 e. The first kappa shape index (κ1) is 13.3. The van der Waals surface area contributed by atoms with Gasteiger partial charge >= 0.3 is 5.97 Å². The van der Waals surface area contributed by atoms with E-state index in [0.29, 0.717) is 10.6 Å². The molecule has 2 rings (SSSR count). The van der Waals surface area contributed by atoms with E-state index in [9.17, 15) is 4.79 Å². The molecule has 0 radical (unpaired) electrons. The molecule has 1 aromatic heterocycles. The van der Waals surface area contributed by atoms with Crippen LogP contribution in [-0.2, 0) is 4.79 Å². The lowest BCUT2D eigenvalue weighted by molar-refractivity contribution is -0.129. The van der Waals surface area contributed by atoms with Crippen LogP contribution in [0.3, 0.4) is 0 Å². The van der Waals surface area contributed by atoms with Gasteiger partial charge in [0.25, 0.3) is 0 Å². The lowest BCUT2D eigenvalue weighted by Crippen LogP contribution is -2.08. The van der Waals surface area contributed by atoms with Gasteiger partial charge in [-0.1, -0.05) is 13.0 Å². The van der Waals surface area contributed by atoms with E-state index < -0.39 is 0 Å². The van der Waals surface area contributed by atoms with Crippen LogP contribution >= 0.6 is 11.3 Å². The third-order valence-corrected chi connectivity index (χ3v) is 3.60. The topological polar surface area (TPSA) is 76.2 Å². The number of benzene rings is 1. The number of nitrogens with two attached hydrogens (primary N) is 1. The SMILES string of the molecule is CCC=CC(=O)Oc1ccc2cc(C(=N)N)sc2c1. The molecule has 0 spiro atoms. The van der Waals surface area contributed by atoms with Gasteiger partial charge in [0.05, 0.1) is 4.88 Å². The van der Waals surface area contributed by atoms with Crippen LogP contribution in [0, 0.1) is 5.41 Å². The van der Waals surface area contributed by atoms with Crippen molar-refractivity contribution in [3.8, 4) is 5.75 Å². The molecule has 0 atom stereocenters. The number of ether oxygens (including phenoxy) is 1. The molecule has 0 saturated carbocycles. The summed E-state index contributed by atoms with van der Waals surface area (Å²) >= 11 is 1.41. The highest BCUT2D eigenvalue weighted by Crippen LogP contribution is 2.29. The fraction of sp³-hybridized carbons (Fsp3) is 0.143. The second kappa shape index (κ2) is 5.67. The van der Waals surface area contributed by atoms with Crippen LogP contribution in [0.4, 0.5) is 0 Å².